The summed E-state index contributed by atoms with van der Waals surface area (Å²) in [5.74, 6) is 0.0144. The number of nitrogens with one attached hydrogen (secondary N) is 2. The van der Waals surface area contributed by atoms with Crippen LogP contribution >= 0.6 is 0 Å². The third-order valence-corrected chi connectivity index (χ3v) is 3.96. The maximum Gasteiger partial charge on any atom is 0.238 e. The van der Waals surface area contributed by atoms with Crippen LogP contribution in [0.25, 0.3) is 0 Å². The van der Waals surface area contributed by atoms with Crippen molar-refractivity contribution in [3.63, 3.8) is 0 Å². The van der Waals surface area contributed by atoms with E-state index in [1.54, 1.807) is 0 Å². The average molecular weight is 275 g/mol. The number of likely N-dealkylation sites (N-methyl/N-ethyl adjacent to an activating group) is 1. The number of rotatable bonds is 7. The van der Waals surface area contributed by atoms with Gasteiger partial charge in [-0.3, -0.25) is 9.69 Å². The quantitative estimate of drug-likeness (QED) is 0.800. The van der Waals surface area contributed by atoms with Gasteiger partial charge in [-0.1, -0.05) is 18.2 Å². The van der Waals surface area contributed by atoms with E-state index in [0.29, 0.717) is 12.6 Å². The number of hydrogen-bond acceptors (Lipinski definition) is 3. The molecule has 110 valence electrons. The molecule has 1 atom stereocenters. The summed E-state index contributed by atoms with van der Waals surface area (Å²) in [4.78, 5) is 14.3. The largest absolute Gasteiger partial charge is 0.325 e. The van der Waals surface area contributed by atoms with Crippen molar-refractivity contribution in [3.05, 3.63) is 29.8 Å². The van der Waals surface area contributed by atoms with E-state index < -0.39 is 0 Å². The fourth-order valence-electron chi connectivity index (χ4n) is 2.29. The molecule has 4 heteroatoms. The number of hydrogen-bond donors (Lipinski definition) is 2. The Hall–Kier alpha value is -1.39. The predicted molar refractivity (Wildman–Crippen MR) is 82.9 cm³/mol. The molecule has 20 heavy (non-hydrogen) atoms. The van der Waals surface area contributed by atoms with Gasteiger partial charge in [-0.25, -0.2) is 0 Å². The number of para-hydroxylation sites is 1. The number of carbonyl (C=O) groups is 1. The Morgan fingerprint density at radius 1 is 1.40 bits per heavy atom. The molecule has 1 aromatic carbocycles. The standard InChI is InChI=1S/C16H25N3O/c1-12-6-4-5-7-15(12)18-16(20)11-17-10-13(2)19(3)14-8-9-14/h4-7,13-14,17H,8-11H2,1-3H3,(H,18,20). The first-order valence-corrected chi connectivity index (χ1v) is 7.36. The molecule has 1 amide bonds. The van der Waals surface area contributed by atoms with E-state index in [-0.39, 0.29) is 5.91 Å². The summed E-state index contributed by atoms with van der Waals surface area (Å²) in [5, 5.41) is 6.17. The van der Waals surface area contributed by atoms with E-state index in [1.807, 2.05) is 31.2 Å². The molecule has 2 N–H and O–H groups in total. The molecule has 0 radical (unpaired) electrons. The molecule has 0 saturated heterocycles. The molecule has 1 aliphatic carbocycles. The lowest BCUT2D eigenvalue weighted by Gasteiger charge is -2.24. The van der Waals surface area contributed by atoms with Crippen LogP contribution in [-0.2, 0) is 4.79 Å². The summed E-state index contributed by atoms with van der Waals surface area (Å²) in [7, 11) is 2.16. The van der Waals surface area contributed by atoms with Crippen molar-refractivity contribution in [2.24, 2.45) is 0 Å². The van der Waals surface area contributed by atoms with E-state index in [9.17, 15) is 4.79 Å². The van der Waals surface area contributed by atoms with Gasteiger partial charge in [0, 0.05) is 24.3 Å². The zero-order chi connectivity index (χ0) is 14.5. The van der Waals surface area contributed by atoms with Crippen LogP contribution in [0.15, 0.2) is 24.3 Å². The molecule has 0 spiro atoms. The van der Waals surface area contributed by atoms with Gasteiger partial charge in [0.1, 0.15) is 0 Å². The first kappa shape index (κ1) is 15.0. The predicted octanol–water partition coefficient (Wildman–Crippen LogP) is 2.01. The second-order valence-electron chi connectivity index (χ2n) is 5.74. The van der Waals surface area contributed by atoms with Crippen LogP contribution in [0.3, 0.4) is 0 Å². The monoisotopic (exact) mass is 275 g/mol. The van der Waals surface area contributed by atoms with E-state index >= 15 is 0 Å². The van der Waals surface area contributed by atoms with Gasteiger partial charge in [0.2, 0.25) is 5.91 Å². The smallest absolute Gasteiger partial charge is 0.238 e. The molecule has 1 unspecified atom stereocenters. The number of benzene rings is 1. The van der Waals surface area contributed by atoms with Gasteiger partial charge in [0.15, 0.2) is 0 Å². The Morgan fingerprint density at radius 3 is 2.75 bits per heavy atom. The van der Waals surface area contributed by atoms with E-state index in [1.165, 1.54) is 12.8 Å². The minimum absolute atomic E-state index is 0.0144. The molecule has 1 aliphatic rings. The lowest BCUT2D eigenvalue weighted by atomic mass is 10.2. The zero-order valence-electron chi connectivity index (χ0n) is 12.6. The highest BCUT2D eigenvalue weighted by Crippen LogP contribution is 2.26. The van der Waals surface area contributed by atoms with Gasteiger partial charge in [0.05, 0.1) is 6.54 Å². The molecule has 1 aromatic rings. The first-order chi connectivity index (χ1) is 9.58. The van der Waals surface area contributed by atoms with E-state index in [2.05, 4.69) is 29.5 Å². The van der Waals surface area contributed by atoms with Crippen molar-refractivity contribution in [1.82, 2.24) is 10.2 Å². The Labute approximate surface area is 121 Å². The third kappa shape index (κ3) is 4.32. The minimum Gasteiger partial charge on any atom is -0.325 e. The Bertz CT molecular complexity index is 457. The maximum absolute atomic E-state index is 11.9. The zero-order valence-corrected chi connectivity index (χ0v) is 12.6. The summed E-state index contributed by atoms with van der Waals surface area (Å²) in [5.41, 5.74) is 1.98. The molecule has 0 heterocycles. The van der Waals surface area contributed by atoms with Crippen LogP contribution in [0.4, 0.5) is 5.69 Å². The highest BCUT2D eigenvalue weighted by atomic mass is 16.1. The summed E-state index contributed by atoms with van der Waals surface area (Å²) in [6.07, 6.45) is 2.63. The van der Waals surface area contributed by atoms with Crippen molar-refractivity contribution in [3.8, 4) is 0 Å². The second-order valence-corrected chi connectivity index (χ2v) is 5.74. The summed E-state index contributed by atoms with van der Waals surface area (Å²) < 4.78 is 0. The van der Waals surface area contributed by atoms with Gasteiger partial charge in [-0.05, 0) is 45.4 Å². The van der Waals surface area contributed by atoms with Crippen molar-refractivity contribution < 1.29 is 4.79 Å². The topological polar surface area (TPSA) is 44.4 Å². The Morgan fingerprint density at radius 2 is 2.10 bits per heavy atom. The van der Waals surface area contributed by atoms with Crippen LogP contribution in [0, 0.1) is 6.92 Å². The molecular formula is C16H25N3O. The van der Waals surface area contributed by atoms with Crippen LogP contribution in [0.1, 0.15) is 25.3 Å². The van der Waals surface area contributed by atoms with Crippen LogP contribution in [-0.4, -0.2) is 43.0 Å². The molecular weight excluding hydrogens is 250 g/mol. The van der Waals surface area contributed by atoms with Gasteiger partial charge in [0.25, 0.3) is 0 Å². The van der Waals surface area contributed by atoms with E-state index in [0.717, 1.165) is 23.8 Å². The van der Waals surface area contributed by atoms with Crippen LogP contribution in [0.2, 0.25) is 0 Å². The van der Waals surface area contributed by atoms with Crippen molar-refractivity contribution in [2.75, 3.05) is 25.5 Å². The van der Waals surface area contributed by atoms with Gasteiger partial charge >= 0.3 is 0 Å². The number of anilines is 1. The van der Waals surface area contributed by atoms with Crippen LogP contribution < -0.4 is 10.6 Å². The van der Waals surface area contributed by atoms with Gasteiger partial charge < -0.3 is 10.6 Å². The normalized spacial score (nSPS) is 16.2. The average Bonchev–Trinajstić information content (AvgIpc) is 3.25. The number of nitrogens with zero attached hydrogens (tertiary/aromatic N) is 1. The first-order valence-electron chi connectivity index (χ1n) is 7.36. The fourth-order valence-corrected chi connectivity index (χ4v) is 2.29. The number of aryl methyl sites for hydroxylation is 1. The van der Waals surface area contributed by atoms with Crippen molar-refractivity contribution >= 4 is 11.6 Å². The maximum atomic E-state index is 11.9. The Kier molecular flexibility index (Phi) is 5.15. The molecule has 0 aliphatic heterocycles. The molecule has 4 nitrogen and oxygen atoms in total. The highest BCUT2D eigenvalue weighted by Gasteiger charge is 2.28. The lowest BCUT2D eigenvalue weighted by Crippen LogP contribution is -2.41. The molecule has 0 aromatic heterocycles. The molecule has 1 saturated carbocycles. The molecule has 1 fully saturated rings. The minimum atomic E-state index is 0.0144. The number of amides is 1. The number of carbonyl (C=O) groups excluding carboxylic acids is 1. The summed E-state index contributed by atoms with van der Waals surface area (Å²) in [6, 6.07) is 9.05. The fraction of sp³-hybridized carbons (Fsp3) is 0.562. The van der Waals surface area contributed by atoms with Crippen LogP contribution in [0.5, 0.6) is 0 Å². The van der Waals surface area contributed by atoms with Gasteiger partial charge in [-0.15, -0.1) is 0 Å². The Balaban J connectivity index is 1.68. The summed E-state index contributed by atoms with van der Waals surface area (Å²) >= 11 is 0. The van der Waals surface area contributed by atoms with E-state index in [4.69, 9.17) is 0 Å². The molecule has 2 rings (SSSR count). The SMILES string of the molecule is Cc1ccccc1NC(=O)CNCC(C)N(C)C1CC1. The summed E-state index contributed by atoms with van der Waals surface area (Å²) in [6.45, 7) is 5.39. The lowest BCUT2D eigenvalue weighted by molar-refractivity contribution is -0.115. The highest BCUT2D eigenvalue weighted by molar-refractivity contribution is 5.92. The third-order valence-electron chi connectivity index (χ3n) is 3.96. The van der Waals surface area contributed by atoms with Gasteiger partial charge in [-0.2, -0.15) is 0 Å². The molecule has 0 bridgehead atoms. The van der Waals surface area contributed by atoms with Crippen molar-refractivity contribution in [1.29, 1.82) is 0 Å². The van der Waals surface area contributed by atoms with Crippen molar-refractivity contribution in [2.45, 2.75) is 38.8 Å². The second kappa shape index (κ2) is 6.86.